The van der Waals surface area contributed by atoms with Crippen LogP contribution in [0.5, 0.6) is 0 Å². The molecule has 0 unspecified atom stereocenters. The number of aromatic nitrogens is 1. The van der Waals surface area contributed by atoms with Gasteiger partial charge in [0.2, 0.25) is 0 Å². The first-order valence-corrected chi connectivity index (χ1v) is 4.88. The maximum absolute atomic E-state index is 11.4. The number of rotatable bonds is 4. The van der Waals surface area contributed by atoms with Gasteiger partial charge in [-0.15, -0.1) is 0 Å². The summed E-state index contributed by atoms with van der Waals surface area (Å²) in [6.45, 7) is 1.21. The molecule has 0 aliphatic heterocycles. The lowest BCUT2D eigenvalue weighted by molar-refractivity contribution is -0.870. The van der Waals surface area contributed by atoms with E-state index in [0.717, 1.165) is 11.0 Å². The van der Waals surface area contributed by atoms with E-state index in [-0.39, 0.29) is 29.9 Å². The molecule has 0 N–H and O–H groups in total. The number of hydrogen-bond donors (Lipinski definition) is 0. The lowest BCUT2D eigenvalue weighted by Gasteiger charge is -2.23. The van der Waals surface area contributed by atoms with Crippen LogP contribution >= 0.6 is 0 Å². The van der Waals surface area contributed by atoms with Crippen LogP contribution in [0.25, 0.3) is 0 Å². The van der Waals surface area contributed by atoms with Crippen LogP contribution in [0.1, 0.15) is 10.5 Å². The Labute approximate surface area is 113 Å². The summed E-state index contributed by atoms with van der Waals surface area (Å²) in [5, 5.41) is 0. The van der Waals surface area contributed by atoms with Gasteiger partial charge in [-0.05, 0) is 12.1 Å². The average Bonchev–Trinajstić information content (AvgIpc) is 2.17. The van der Waals surface area contributed by atoms with Crippen molar-refractivity contribution in [1.29, 1.82) is 0 Å². The number of carbonyl (C=O) groups excluding carboxylic acids is 1. The van der Waals surface area contributed by atoms with E-state index in [1.54, 1.807) is 24.4 Å². The Morgan fingerprint density at radius 1 is 1.38 bits per heavy atom. The molecule has 0 spiro atoms. The molecule has 0 amide bonds. The number of halogens is 1. The molecule has 0 bridgehead atoms. The fraction of sp³-hybridized carbons (Fsp3) is 0.455. The van der Waals surface area contributed by atoms with Crippen LogP contribution in [0, 0.1) is 0 Å². The van der Waals surface area contributed by atoms with Crippen LogP contribution in [-0.4, -0.2) is 49.7 Å². The van der Waals surface area contributed by atoms with Gasteiger partial charge in [-0.1, -0.05) is 6.07 Å². The highest BCUT2D eigenvalue weighted by Crippen LogP contribution is 1.97. The second-order valence-electron chi connectivity index (χ2n) is 4.36. The summed E-state index contributed by atoms with van der Waals surface area (Å²) < 4.78 is 5.86. The van der Waals surface area contributed by atoms with Crippen molar-refractivity contribution in [3.8, 4) is 0 Å². The van der Waals surface area contributed by atoms with Crippen LogP contribution in [0.15, 0.2) is 24.4 Å². The van der Waals surface area contributed by atoms with E-state index < -0.39 is 0 Å². The van der Waals surface area contributed by atoms with Gasteiger partial charge < -0.3 is 33.2 Å². The first-order chi connectivity index (χ1) is 6.99. The lowest BCUT2D eigenvalue weighted by Crippen LogP contribution is -3.00. The quantitative estimate of drug-likeness (QED) is 0.361. The summed E-state index contributed by atoms with van der Waals surface area (Å²) in [5.74, 6) is -0.357. The van der Waals surface area contributed by atoms with E-state index in [2.05, 4.69) is 26.1 Å². The Morgan fingerprint density at radius 2 is 2.06 bits per heavy atom. The van der Waals surface area contributed by atoms with E-state index in [1.165, 1.54) is 0 Å². The highest BCUT2D eigenvalue weighted by atomic mass is 127. The highest BCUT2D eigenvalue weighted by molar-refractivity contribution is 5.87. The Bertz CT molecular complexity index is 323. The normalized spacial score (nSPS) is 10.4. The zero-order valence-corrected chi connectivity index (χ0v) is 12.0. The molecule has 0 atom stereocenters. The molecule has 0 aliphatic rings. The number of ether oxygens (including phenoxy) is 1. The van der Waals surface area contributed by atoms with E-state index in [4.69, 9.17) is 4.74 Å². The molecule has 1 rings (SSSR count). The van der Waals surface area contributed by atoms with Gasteiger partial charge in [-0.25, -0.2) is 9.78 Å². The third-order valence-corrected chi connectivity index (χ3v) is 1.87. The van der Waals surface area contributed by atoms with Crippen molar-refractivity contribution >= 4 is 5.97 Å². The Kier molecular flexibility index (Phi) is 6.51. The maximum atomic E-state index is 11.4. The molecule has 1 heterocycles. The Morgan fingerprint density at radius 3 is 2.56 bits per heavy atom. The minimum absolute atomic E-state index is 0. The van der Waals surface area contributed by atoms with Gasteiger partial charge in [-0.2, -0.15) is 0 Å². The van der Waals surface area contributed by atoms with E-state index in [0.29, 0.717) is 12.3 Å². The molecule has 0 fully saturated rings. The third kappa shape index (κ3) is 6.02. The van der Waals surface area contributed by atoms with Crippen LogP contribution in [0.4, 0.5) is 0 Å². The molecule has 1 aromatic rings. The molecule has 90 valence electrons. The predicted octanol–water partition coefficient (Wildman–Crippen LogP) is -2.05. The van der Waals surface area contributed by atoms with Gasteiger partial charge in [0.1, 0.15) is 18.8 Å². The van der Waals surface area contributed by atoms with Gasteiger partial charge >= 0.3 is 5.97 Å². The number of carbonyl (C=O) groups is 1. The molecule has 0 saturated heterocycles. The summed E-state index contributed by atoms with van der Waals surface area (Å²) >= 11 is 0. The topological polar surface area (TPSA) is 39.2 Å². The van der Waals surface area contributed by atoms with Crippen molar-refractivity contribution in [3.63, 3.8) is 0 Å². The van der Waals surface area contributed by atoms with Gasteiger partial charge in [-0.3, -0.25) is 0 Å². The fourth-order valence-corrected chi connectivity index (χ4v) is 0.970. The van der Waals surface area contributed by atoms with E-state index in [1.807, 2.05) is 0 Å². The number of quaternary nitrogens is 1. The van der Waals surface area contributed by atoms with Crippen LogP contribution in [0.2, 0.25) is 0 Å². The van der Waals surface area contributed by atoms with Gasteiger partial charge in [0.15, 0.2) is 0 Å². The summed E-state index contributed by atoms with van der Waals surface area (Å²) in [5.41, 5.74) is 0.360. The SMILES string of the molecule is C[N+](C)(C)CCOC(=O)c1ccccn1.[I-]. The first-order valence-electron chi connectivity index (χ1n) is 4.88. The van der Waals surface area contributed by atoms with Crippen molar-refractivity contribution in [2.45, 2.75) is 0 Å². The Hall–Kier alpha value is -0.690. The van der Waals surface area contributed by atoms with E-state index in [9.17, 15) is 4.79 Å². The molecule has 0 radical (unpaired) electrons. The van der Waals surface area contributed by atoms with E-state index >= 15 is 0 Å². The molecular weight excluding hydrogens is 319 g/mol. The average molecular weight is 336 g/mol. The van der Waals surface area contributed by atoms with Crippen LogP contribution in [0.3, 0.4) is 0 Å². The minimum atomic E-state index is -0.357. The highest BCUT2D eigenvalue weighted by Gasteiger charge is 2.11. The van der Waals surface area contributed by atoms with Gasteiger partial charge in [0.05, 0.1) is 21.1 Å². The number of nitrogens with zero attached hydrogens (tertiary/aromatic N) is 2. The monoisotopic (exact) mass is 336 g/mol. The van der Waals surface area contributed by atoms with Crippen molar-refractivity contribution in [3.05, 3.63) is 30.1 Å². The fourth-order valence-electron chi connectivity index (χ4n) is 0.970. The second kappa shape index (κ2) is 6.80. The standard InChI is InChI=1S/C11H17N2O2.HI/c1-13(2,3)8-9-15-11(14)10-6-4-5-7-12-10;/h4-7H,8-9H2,1-3H3;1H/q+1;/p-1. The summed E-state index contributed by atoms with van der Waals surface area (Å²) in [6, 6.07) is 5.18. The molecule has 5 heteroatoms. The zero-order chi connectivity index (χ0) is 11.3. The molecule has 16 heavy (non-hydrogen) atoms. The molecule has 0 aliphatic carbocycles. The number of esters is 1. The molecular formula is C11H17IN2O2. The minimum Gasteiger partial charge on any atom is -1.00 e. The second-order valence-corrected chi connectivity index (χ2v) is 4.36. The molecule has 4 nitrogen and oxygen atoms in total. The number of hydrogen-bond acceptors (Lipinski definition) is 3. The largest absolute Gasteiger partial charge is 1.00 e. The summed E-state index contributed by atoms with van der Waals surface area (Å²) in [7, 11) is 6.15. The van der Waals surface area contributed by atoms with Crippen molar-refractivity contribution in [2.75, 3.05) is 34.3 Å². The van der Waals surface area contributed by atoms with Crippen LogP contribution in [-0.2, 0) is 4.74 Å². The molecule has 0 saturated carbocycles. The molecule has 0 aromatic carbocycles. The van der Waals surface area contributed by atoms with Crippen molar-refractivity contribution in [1.82, 2.24) is 4.98 Å². The van der Waals surface area contributed by atoms with Gasteiger partial charge in [0.25, 0.3) is 0 Å². The lowest BCUT2D eigenvalue weighted by atomic mass is 10.3. The third-order valence-electron chi connectivity index (χ3n) is 1.87. The first kappa shape index (κ1) is 15.3. The number of pyridine rings is 1. The predicted molar refractivity (Wildman–Crippen MR) is 57.4 cm³/mol. The Balaban J connectivity index is 0.00000225. The smallest absolute Gasteiger partial charge is 0.357 e. The van der Waals surface area contributed by atoms with Gasteiger partial charge in [0, 0.05) is 6.20 Å². The van der Waals surface area contributed by atoms with Crippen LogP contribution < -0.4 is 24.0 Å². The van der Waals surface area contributed by atoms with Crippen molar-refractivity contribution < 1.29 is 38.0 Å². The summed E-state index contributed by atoms with van der Waals surface area (Å²) in [6.07, 6.45) is 1.58. The zero-order valence-electron chi connectivity index (χ0n) is 9.81. The number of likely N-dealkylation sites (N-methyl/N-ethyl adjacent to an activating group) is 1. The molecule has 1 aromatic heterocycles. The van der Waals surface area contributed by atoms with Crippen molar-refractivity contribution in [2.24, 2.45) is 0 Å². The summed E-state index contributed by atoms with van der Waals surface area (Å²) in [4.78, 5) is 15.4. The maximum Gasteiger partial charge on any atom is 0.357 e.